The van der Waals surface area contributed by atoms with Gasteiger partial charge in [-0.3, -0.25) is 0 Å². The summed E-state index contributed by atoms with van der Waals surface area (Å²) < 4.78 is 0. The lowest BCUT2D eigenvalue weighted by Gasteiger charge is -2.27. The highest BCUT2D eigenvalue weighted by Gasteiger charge is 2.22. The lowest BCUT2D eigenvalue weighted by molar-refractivity contribution is 0.301. The maximum absolute atomic E-state index is 9.27. The number of aliphatic hydroxyl groups excluding tert-OH is 1. The first kappa shape index (κ1) is 16.7. The molecule has 0 unspecified atom stereocenters. The molecule has 0 fully saturated rings. The summed E-state index contributed by atoms with van der Waals surface area (Å²) in [6.45, 7) is 11.9. The Labute approximate surface area is 122 Å². The van der Waals surface area contributed by atoms with Gasteiger partial charge in [0.2, 0.25) is 0 Å². The summed E-state index contributed by atoms with van der Waals surface area (Å²) in [4.78, 5) is 11.2. The molecule has 1 rings (SSSR count). The van der Waals surface area contributed by atoms with Crippen LogP contribution in [-0.4, -0.2) is 34.8 Å². The van der Waals surface area contributed by atoms with E-state index in [1.54, 1.807) is 0 Å². The van der Waals surface area contributed by atoms with Crippen LogP contribution in [0.15, 0.2) is 0 Å². The highest BCUT2D eigenvalue weighted by Crippen LogP contribution is 2.27. The second-order valence-electron chi connectivity index (χ2n) is 6.20. The molecule has 1 heterocycles. The maximum Gasteiger partial charge on any atom is 0.138 e. The molecule has 0 saturated carbocycles. The number of unbranched alkanes of at least 4 members (excludes halogenated alkanes) is 1. The molecule has 1 aromatic heterocycles. The van der Waals surface area contributed by atoms with Gasteiger partial charge in [0, 0.05) is 24.1 Å². The van der Waals surface area contributed by atoms with Gasteiger partial charge in [0.1, 0.15) is 17.5 Å². The van der Waals surface area contributed by atoms with Gasteiger partial charge in [-0.15, -0.1) is 0 Å². The van der Waals surface area contributed by atoms with Crippen molar-refractivity contribution in [2.75, 3.05) is 30.3 Å². The molecule has 0 spiro atoms. The van der Waals surface area contributed by atoms with Crippen LogP contribution in [0.2, 0.25) is 0 Å². The van der Waals surface area contributed by atoms with Crippen LogP contribution in [0.5, 0.6) is 0 Å². The highest BCUT2D eigenvalue weighted by molar-refractivity contribution is 5.56. The van der Waals surface area contributed by atoms with E-state index in [1.165, 1.54) is 0 Å². The van der Waals surface area contributed by atoms with Gasteiger partial charge in [0.05, 0.1) is 6.61 Å². The van der Waals surface area contributed by atoms with Crippen molar-refractivity contribution in [3.63, 3.8) is 0 Å². The average Bonchev–Trinajstić information content (AvgIpc) is 2.36. The molecule has 0 saturated heterocycles. The molecule has 0 amide bonds. The zero-order valence-corrected chi connectivity index (χ0v) is 13.4. The van der Waals surface area contributed by atoms with Crippen LogP contribution in [0.4, 0.5) is 11.6 Å². The van der Waals surface area contributed by atoms with Crippen molar-refractivity contribution < 1.29 is 5.11 Å². The van der Waals surface area contributed by atoms with E-state index in [4.69, 9.17) is 10.7 Å². The predicted molar refractivity (Wildman–Crippen MR) is 84.1 cm³/mol. The van der Waals surface area contributed by atoms with Crippen molar-refractivity contribution in [2.45, 2.75) is 52.9 Å². The Hall–Kier alpha value is -1.36. The quantitative estimate of drug-likeness (QED) is 0.836. The number of aromatic nitrogens is 2. The number of nitrogens with zero attached hydrogens (tertiary/aromatic N) is 3. The lowest BCUT2D eigenvalue weighted by atomic mass is 9.95. The monoisotopic (exact) mass is 280 g/mol. The van der Waals surface area contributed by atoms with Crippen molar-refractivity contribution in [3.05, 3.63) is 11.4 Å². The molecule has 5 heteroatoms. The SMILES string of the molecule is CCCCN(CCO)c1nc(C(C)(C)C)nc(N)c1C. The molecule has 3 N–H and O–H groups in total. The average molecular weight is 280 g/mol. The molecule has 0 aliphatic carbocycles. The van der Waals surface area contributed by atoms with E-state index in [0.717, 1.165) is 36.6 Å². The largest absolute Gasteiger partial charge is 0.395 e. The van der Waals surface area contributed by atoms with Gasteiger partial charge in [0.25, 0.3) is 0 Å². The molecule has 0 radical (unpaired) electrons. The highest BCUT2D eigenvalue weighted by atomic mass is 16.3. The topological polar surface area (TPSA) is 75.3 Å². The summed E-state index contributed by atoms with van der Waals surface area (Å²) in [5.74, 6) is 2.12. The lowest BCUT2D eigenvalue weighted by Crippen LogP contribution is -2.31. The molecule has 20 heavy (non-hydrogen) atoms. The Morgan fingerprint density at radius 1 is 1.20 bits per heavy atom. The molecule has 0 aliphatic rings. The van der Waals surface area contributed by atoms with Crippen LogP contribution < -0.4 is 10.6 Å². The Kier molecular flexibility index (Phi) is 5.74. The van der Waals surface area contributed by atoms with E-state index in [2.05, 4.69) is 37.6 Å². The van der Waals surface area contributed by atoms with Gasteiger partial charge in [-0.1, -0.05) is 34.1 Å². The van der Waals surface area contributed by atoms with Crippen molar-refractivity contribution in [2.24, 2.45) is 0 Å². The van der Waals surface area contributed by atoms with Crippen molar-refractivity contribution in [3.8, 4) is 0 Å². The smallest absolute Gasteiger partial charge is 0.138 e. The van der Waals surface area contributed by atoms with E-state index in [0.29, 0.717) is 12.4 Å². The summed E-state index contributed by atoms with van der Waals surface area (Å²) >= 11 is 0. The molecule has 0 bridgehead atoms. The fraction of sp³-hybridized carbons (Fsp3) is 0.733. The minimum atomic E-state index is -0.147. The number of nitrogens with two attached hydrogens (primary N) is 1. The molecule has 114 valence electrons. The van der Waals surface area contributed by atoms with Gasteiger partial charge in [-0.2, -0.15) is 0 Å². The van der Waals surface area contributed by atoms with Crippen LogP contribution in [0.3, 0.4) is 0 Å². The third-order valence-electron chi connectivity index (χ3n) is 3.28. The van der Waals surface area contributed by atoms with E-state index in [1.807, 2.05) is 6.92 Å². The Balaban J connectivity index is 3.21. The van der Waals surface area contributed by atoms with Gasteiger partial charge in [-0.05, 0) is 13.3 Å². The van der Waals surface area contributed by atoms with Gasteiger partial charge in [0.15, 0.2) is 0 Å². The first-order valence-corrected chi connectivity index (χ1v) is 7.31. The van der Waals surface area contributed by atoms with Crippen LogP contribution in [0.25, 0.3) is 0 Å². The van der Waals surface area contributed by atoms with Gasteiger partial charge in [-0.25, -0.2) is 9.97 Å². The Morgan fingerprint density at radius 2 is 1.85 bits per heavy atom. The van der Waals surface area contributed by atoms with Crippen LogP contribution in [0, 0.1) is 6.92 Å². The minimum Gasteiger partial charge on any atom is -0.395 e. The normalized spacial score (nSPS) is 11.7. The second-order valence-corrected chi connectivity index (χ2v) is 6.20. The molecular weight excluding hydrogens is 252 g/mol. The van der Waals surface area contributed by atoms with Crippen molar-refractivity contribution in [1.29, 1.82) is 0 Å². The minimum absolute atomic E-state index is 0.109. The van der Waals surface area contributed by atoms with Crippen LogP contribution >= 0.6 is 0 Å². The molecular formula is C15H28N4O. The summed E-state index contributed by atoms with van der Waals surface area (Å²) in [6, 6.07) is 0. The fourth-order valence-electron chi connectivity index (χ4n) is 1.96. The van der Waals surface area contributed by atoms with E-state index in [-0.39, 0.29) is 12.0 Å². The number of aliphatic hydroxyl groups is 1. The summed E-state index contributed by atoms with van der Waals surface area (Å²) in [7, 11) is 0. The molecule has 0 aliphatic heterocycles. The van der Waals surface area contributed by atoms with E-state index >= 15 is 0 Å². The zero-order valence-electron chi connectivity index (χ0n) is 13.4. The first-order chi connectivity index (χ1) is 9.31. The molecule has 1 aromatic rings. The Bertz CT molecular complexity index is 440. The molecule has 0 atom stereocenters. The molecule has 5 nitrogen and oxygen atoms in total. The summed E-state index contributed by atoms with van der Waals surface area (Å²) in [5.41, 5.74) is 6.79. The maximum atomic E-state index is 9.27. The number of nitrogen functional groups attached to an aromatic ring is 1. The summed E-state index contributed by atoms with van der Waals surface area (Å²) in [5, 5.41) is 9.27. The fourth-order valence-corrected chi connectivity index (χ4v) is 1.96. The number of anilines is 2. The van der Waals surface area contributed by atoms with Crippen molar-refractivity contribution >= 4 is 11.6 Å². The third kappa shape index (κ3) is 4.07. The van der Waals surface area contributed by atoms with Crippen LogP contribution in [0.1, 0.15) is 51.9 Å². The van der Waals surface area contributed by atoms with E-state index in [9.17, 15) is 5.11 Å². The second kappa shape index (κ2) is 6.88. The van der Waals surface area contributed by atoms with Crippen LogP contribution in [-0.2, 0) is 5.41 Å². The van der Waals surface area contributed by atoms with Gasteiger partial charge >= 0.3 is 0 Å². The number of hydrogen-bond acceptors (Lipinski definition) is 5. The zero-order chi connectivity index (χ0) is 15.3. The molecule has 0 aromatic carbocycles. The standard InChI is InChI=1S/C15H28N4O/c1-6-7-8-19(9-10-20)13-11(2)12(16)17-14(18-13)15(3,4)5/h20H,6-10H2,1-5H3,(H2,16,17,18). The number of hydrogen-bond donors (Lipinski definition) is 2. The number of rotatable bonds is 6. The first-order valence-electron chi connectivity index (χ1n) is 7.31. The van der Waals surface area contributed by atoms with Gasteiger partial charge < -0.3 is 15.7 Å². The van der Waals surface area contributed by atoms with E-state index < -0.39 is 0 Å². The Morgan fingerprint density at radius 3 is 2.35 bits per heavy atom. The predicted octanol–water partition coefficient (Wildman–Crippen LogP) is 2.26. The third-order valence-corrected chi connectivity index (χ3v) is 3.28. The van der Waals surface area contributed by atoms with Crippen molar-refractivity contribution in [1.82, 2.24) is 9.97 Å². The summed E-state index contributed by atoms with van der Waals surface area (Å²) in [6.07, 6.45) is 2.17.